The molecule has 0 fully saturated rings. The largest absolute Gasteiger partial charge is 0.416 e. The van der Waals surface area contributed by atoms with Crippen LogP contribution in [0.4, 0.5) is 18.9 Å². The predicted molar refractivity (Wildman–Crippen MR) is 89.8 cm³/mol. The average Bonchev–Trinajstić information content (AvgIpc) is 2.59. The van der Waals surface area contributed by atoms with E-state index < -0.39 is 27.7 Å². The summed E-state index contributed by atoms with van der Waals surface area (Å²) in [6.07, 6.45) is -4.49. The van der Waals surface area contributed by atoms with E-state index in [4.69, 9.17) is 0 Å². The Labute approximate surface area is 148 Å². The molecule has 2 rings (SSSR count). The molecule has 0 atom stereocenters. The number of hydrogen-bond donors (Lipinski definition) is 2. The molecule has 0 unspecified atom stereocenters. The Balaban J connectivity index is 2.07. The number of alkyl halides is 3. The number of benzene rings is 2. The summed E-state index contributed by atoms with van der Waals surface area (Å²) in [5.41, 5.74) is 4.00. The SMILES string of the molecule is CN(C)S(=O)(=O)c1ccc(C(=O)NNc2cccc(C(F)(F)F)c2)cc1. The Bertz CT molecular complexity index is 895. The number of carbonyl (C=O) groups is 1. The summed E-state index contributed by atoms with van der Waals surface area (Å²) in [6.45, 7) is 0. The van der Waals surface area contributed by atoms with Crippen molar-refractivity contribution in [3.8, 4) is 0 Å². The second-order valence-corrected chi connectivity index (χ2v) is 7.62. The second-order valence-electron chi connectivity index (χ2n) is 5.47. The molecule has 0 bridgehead atoms. The third kappa shape index (κ3) is 4.52. The molecule has 0 aliphatic heterocycles. The topological polar surface area (TPSA) is 78.5 Å². The molecule has 0 saturated carbocycles. The molecule has 140 valence electrons. The molecule has 6 nitrogen and oxygen atoms in total. The van der Waals surface area contributed by atoms with E-state index in [1.54, 1.807) is 0 Å². The minimum Gasteiger partial charge on any atom is -0.298 e. The number of amides is 1. The van der Waals surface area contributed by atoms with Gasteiger partial charge in [0.1, 0.15) is 0 Å². The van der Waals surface area contributed by atoms with Crippen LogP contribution in [0, 0.1) is 0 Å². The zero-order chi connectivity index (χ0) is 19.5. The molecular formula is C16H16F3N3O3S. The number of anilines is 1. The fourth-order valence-corrected chi connectivity index (χ4v) is 2.87. The number of hydrogen-bond acceptors (Lipinski definition) is 4. The van der Waals surface area contributed by atoms with Gasteiger partial charge in [-0.1, -0.05) is 6.07 Å². The third-order valence-electron chi connectivity index (χ3n) is 3.41. The molecule has 2 aromatic rings. The number of carbonyl (C=O) groups excluding carboxylic acids is 1. The van der Waals surface area contributed by atoms with E-state index in [-0.39, 0.29) is 16.1 Å². The maximum absolute atomic E-state index is 12.7. The Morgan fingerprint density at radius 3 is 2.19 bits per heavy atom. The Morgan fingerprint density at radius 2 is 1.65 bits per heavy atom. The van der Waals surface area contributed by atoms with Gasteiger partial charge in [0.2, 0.25) is 10.0 Å². The first-order chi connectivity index (χ1) is 12.0. The van der Waals surface area contributed by atoms with Crippen molar-refractivity contribution >= 4 is 21.6 Å². The highest BCUT2D eigenvalue weighted by Crippen LogP contribution is 2.30. The number of halogens is 3. The van der Waals surface area contributed by atoms with E-state index >= 15 is 0 Å². The van der Waals surface area contributed by atoms with Crippen LogP contribution >= 0.6 is 0 Å². The van der Waals surface area contributed by atoms with Crippen molar-refractivity contribution in [3.05, 3.63) is 59.7 Å². The van der Waals surface area contributed by atoms with E-state index in [9.17, 15) is 26.4 Å². The highest BCUT2D eigenvalue weighted by Gasteiger charge is 2.30. The molecule has 26 heavy (non-hydrogen) atoms. The molecule has 0 aromatic heterocycles. The Morgan fingerprint density at radius 1 is 1.04 bits per heavy atom. The third-order valence-corrected chi connectivity index (χ3v) is 5.23. The van der Waals surface area contributed by atoms with Crippen molar-refractivity contribution in [3.63, 3.8) is 0 Å². The Hall–Kier alpha value is -2.59. The van der Waals surface area contributed by atoms with Gasteiger partial charge in [-0.2, -0.15) is 13.2 Å². The summed E-state index contributed by atoms with van der Waals surface area (Å²) in [4.78, 5) is 12.1. The van der Waals surface area contributed by atoms with Crippen LogP contribution in [0.2, 0.25) is 0 Å². The zero-order valence-corrected chi connectivity index (χ0v) is 14.6. The van der Waals surface area contributed by atoms with Gasteiger partial charge in [-0.15, -0.1) is 0 Å². The van der Waals surface area contributed by atoms with Crippen molar-refractivity contribution in [1.29, 1.82) is 0 Å². The standard InChI is InChI=1S/C16H16F3N3O3S/c1-22(2)26(24,25)14-8-6-11(7-9-14)15(23)21-20-13-5-3-4-12(10-13)16(17,18)19/h3-10,20H,1-2H3,(H,21,23). The minimum absolute atomic E-state index is 0.0184. The van der Waals surface area contributed by atoms with E-state index in [0.717, 1.165) is 16.4 Å². The molecular weight excluding hydrogens is 371 g/mol. The van der Waals surface area contributed by atoms with Crippen LogP contribution in [-0.4, -0.2) is 32.7 Å². The van der Waals surface area contributed by atoms with E-state index in [0.29, 0.717) is 0 Å². The fourth-order valence-electron chi connectivity index (χ4n) is 1.96. The molecule has 0 heterocycles. The number of nitrogens with zero attached hydrogens (tertiary/aromatic N) is 1. The van der Waals surface area contributed by atoms with E-state index in [2.05, 4.69) is 10.9 Å². The lowest BCUT2D eigenvalue weighted by Crippen LogP contribution is -2.29. The first-order valence-electron chi connectivity index (χ1n) is 7.28. The van der Waals surface area contributed by atoms with Crippen LogP contribution in [-0.2, 0) is 16.2 Å². The predicted octanol–water partition coefficient (Wildman–Crippen LogP) is 2.71. The lowest BCUT2D eigenvalue weighted by atomic mass is 10.2. The smallest absolute Gasteiger partial charge is 0.298 e. The van der Waals surface area contributed by atoms with Gasteiger partial charge in [0, 0.05) is 19.7 Å². The molecule has 2 aromatic carbocycles. The van der Waals surface area contributed by atoms with Gasteiger partial charge in [0.05, 0.1) is 16.1 Å². The van der Waals surface area contributed by atoms with Crippen LogP contribution in [0.5, 0.6) is 0 Å². The van der Waals surface area contributed by atoms with Crippen LogP contribution in [0.15, 0.2) is 53.4 Å². The van der Waals surface area contributed by atoms with Crippen LogP contribution in [0.1, 0.15) is 15.9 Å². The molecule has 0 spiro atoms. The lowest BCUT2D eigenvalue weighted by Gasteiger charge is -2.13. The van der Waals surface area contributed by atoms with Gasteiger partial charge in [-0.05, 0) is 42.5 Å². The van der Waals surface area contributed by atoms with E-state index in [1.165, 1.54) is 50.5 Å². The van der Waals surface area contributed by atoms with Gasteiger partial charge >= 0.3 is 6.18 Å². The van der Waals surface area contributed by atoms with Crippen LogP contribution in [0.3, 0.4) is 0 Å². The normalized spacial score (nSPS) is 12.1. The molecule has 0 aliphatic rings. The number of rotatable bonds is 5. The zero-order valence-electron chi connectivity index (χ0n) is 13.8. The quantitative estimate of drug-likeness (QED) is 0.774. The van der Waals surface area contributed by atoms with Gasteiger partial charge in [-0.3, -0.25) is 15.6 Å². The van der Waals surface area contributed by atoms with Gasteiger partial charge < -0.3 is 0 Å². The van der Waals surface area contributed by atoms with Crippen molar-refractivity contribution in [2.45, 2.75) is 11.1 Å². The van der Waals surface area contributed by atoms with Gasteiger partial charge in [0.25, 0.3) is 5.91 Å². The van der Waals surface area contributed by atoms with E-state index in [1.807, 2.05) is 0 Å². The highest BCUT2D eigenvalue weighted by atomic mass is 32.2. The molecule has 0 radical (unpaired) electrons. The number of nitrogens with one attached hydrogen (secondary N) is 2. The molecule has 0 aliphatic carbocycles. The monoisotopic (exact) mass is 387 g/mol. The summed E-state index contributed by atoms with van der Waals surface area (Å²) in [7, 11) is -0.846. The summed E-state index contributed by atoms with van der Waals surface area (Å²) in [5.74, 6) is -0.629. The second kappa shape index (κ2) is 7.34. The Kier molecular flexibility index (Phi) is 5.57. The van der Waals surface area contributed by atoms with Gasteiger partial charge in [-0.25, -0.2) is 12.7 Å². The van der Waals surface area contributed by atoms with Crippen molar-refractivity contribution in [2.75, 3.05) is 19.5 Å². The van der Waals surface area contributed by atoms with Crippen molar-refractivity contribution < 1.29 is 26.4 Å². The van der Waals surface area contributed by atoms with Gasteiger partial charge in [0.15, 0.2) is 0 Å². The number of hydrazine groups is 1. The van der Waals surface area contributed by atoms with Crippen LogP contribution < -0.4 is 10.9 Å². The first kappa shape index (κ1) is 19.7. The van der Waals surface area contributed by atoms with Crippen LogP contribution in [0.25, 0.3) is 0 Å². The average molecular weight is 387 g/mol. The molecule has 0 saturated heterocycles. The maximum atomic E-state index is 12.7. The fraction of sp³-hybridized carbons (Fsp3) is 0.188. The summed E-state index contributed by atoms with van der Waals surface area (Å²) >= 11 is 0. The maximum Gasteiger partial charge on any atom is 0.416 e. The van der Waals surface area contributed by atoms with Crippen molar-refractivity contribution in [1.82, 2.24) is 9.73 Å². The molecule has 10 heteroatoms. The van der Waals surface area contributed by atoms with Crippen molar-refractivity contribution in [2.24, 2.45) is 0 Å². The minimum atomic E-state index is -4.49. The summed E-state index contributed by atoms with van der Waals surface area (Å²) < 4.78 is 62.9. The first-order valence-corrected chi connectivity index (χ1v) is 8.72. The highest BCUT2D eigenvalue weighted by molar-refractivity contribution is 7.89. The summed E-state index contributed by atoms with van der Waals surface area (Å²) in [5, 5.41) is 0. The molecule has 2 N–H and O–H groups in total. The molecule has 1 amide bonds. The number of sulfonamides is 1. The summed E-state index contributed by atoms with van der Waals surface area (Å²) in [6, 6.07) is 9.49. The lowest BCUT2D eigenvalue weighted by molar-refractivity contribution is -0.137.